The van der Waals surface area contributed by atoms with Gasteiger partial charge in [-0.3, -0.25) is 0 Å². The highest BCUT2D eigenvalue weighted by molar-refractivity contribution is 7.09. The van der Waals surface area contributed by atoms with Crippen molar-refractivity contribution in [2.45, 2.75) is 33.6 Å². The number of rotatable bonds is 7. The summed E-state index contributed by atoms with van der Waals surface area (Å²) in [5.74, 6) is 0.204. The number of hydrogen-bond acceptors (Lipinski definition) is 5. The van der Waals surface area contributed by atoms with Crippen LogP contribution in [0.5, 0.6) is 5.75 Å². The van der Waals surface area contributed by atoms with Crippen molar-refractivity contribution in [3.8, 4) is 5.75 Å². The minimum absolute atomic E-state index is 0.00470. The van der Waals surface area contributed by atoms with Gasteiger partial charge in [0.2, 0.25) is 0 Å². The number of aromatic nitrogens is 1. The fraction of sp³-hybridized carbons (Fsp3) is 0.412. The molecule has 2 aromatic rings. The van der Waals surface area contributed by atoms with Gasteiger partial charge in [-0.1, -0.05) is 31.5 Å². The number of ether oxygens (including phenoxy) is 1. The Kier molecular flexibility index (Phi) is 5.55. The molecule has 0 radical (unpaired) electrons. The maximum atomic E-state index is 10.8. The Hall–Kier alpha value is -1.88. The number of hydrogen-bond donors (Lipinski definition) is 0. The third-order valence-electron chi connectivity index (χ3n) is 3.27. The first-order valence-electron chi connectivity index (χ1n) is 7.33. The van der Waals surface area contributed by atoms with Gasteiger partial charge >= 0.3 is 0 Å². The van der Waals surface area contributed by atoms with Gasteiger partial charge in [-0.15, -0.1) is 11.3 Å². The SMILES string of the molecule is Cc1ccc(OCCC(C)C)c(Cc2nc(C(=O)[O-])cs2)c1. The number of carbonyl (C=O) groups excluding carboxylic acids is 1. The van der Waals surface area contributed by atoms with Gasteiger partial charge in [0, 0.05) is 17.4 Å². The topological polar surface area (TPSA) is 62.2 Å². The second kappa shape index (κ2) is 7.40. The molecule has 1 aromatic carbocycles. The second-order valence-corrected chi connectivity index (χ2v) is 6.68. The second-order valence-electron chi connectivity index (χ2n) is 5.73. The number of thiazole rings is 1. The molecule has 2 rings (SSSR count). The molecule has 0 aliphatic heterocycles. The Balaban J connectivity index is 2.13. The van der Waals surface area contributed by atoms with Gasteiger partial charge in [-0.05, 0) is 25.3 Å². The lowest BCUT2D eigenvalue weighted by Crippen LogP contribution is -2.22. The van der Waals surface area contributed by atoms with Crippen LogP contribution in [-0.4, -0.2) is 17.6 Å². The van der Waals surface area contributed by atoms with Crippen molar-refractivity contribution in [1.29, 1.82) is 0 Å². The number of carbonyl (C=O) groups is 1. The van der Waals surface area contributed by atoms with E-state index >= 15 is 0 Å². The highest BCUT2D eigenvalue weighted by Crippen LogP contribution is 2.25. The van der Waals surface area contributed by atoms with E-state index in [1.54, 1.807) is 0 Å². The van der Waals surface area contributed by atoms with Crippen LogP contribution in [0.1, 0.15) is 46.9 Å². The first-order chi connectivity index (χ1) is 10.5. The van der Waals surface area contributed by atoms with Crippen LogP contribution in [0.3, 0.4) is 0 Å². The van der Waals surface area contributed by atoms with Crippen molar-refractivity contribution in [2.75, 3.05) is 6.61 Å². The summed E-state index contributed by atoms with van der Waals surface area (Å²) in [5, 5.41) is 13.1. The van der Waals surface area contributed by atoms with Crippen molar-refractivity contribution in [3.05, 3.63) is 45.4 Å². The average Bonchev–Trinajstić information content (AvgIpc) is 2.89. The van der Waals surface area contributed by atoms with Crippen molar-refractivity contribution in [2.24, 2.45) is 5.92 Å². The van der Waals surface area contributed by atoms with Crippen molar-refractivity contribution in [3.63, 3.8) is 0 Å². The van der Waals surface area contributed by atoms with Gasteiger partial charge in [-0.2, -0.15) is 0 Å². The highest BCUT2D eigenvalue weighted by Gasteiger charge is 2.09. The molecule has 0 spiro atoms. The largest absolute Gasteiger partial charge is 0.543 e. The zero-order chi connectivity index (χ0) is 16.1. The van der Waals surface area contributed by atoms with Gasteiger partial charge in [0.05, 0.1) is 23.3 Å². The molecule has 0 fully saturated rings. The molecule has 0 N–H and O–H groups in total. The van der Waals surface area contributed by atoms with Crippen LogP contribution in [0.2, 0.25) is 0 Å². The number of aryl methyl sites for hydroxylation is 1. The molecular formula is C17H20NO3S-. The summed E-state index contributed by atoms with van der Waals surface area (Å²) in [6.45, 7) is 7.03. The van der Waals surface area contributed by atoms with Crippen LogP contribution in [-0.2, 0) is 6.42 Å². The van der Waals surface area contributed by atoms with Gasteiger partial charge in [0.1, 0.15) is 5.75 Å². The minimum atomic E-state index is -1.24. The van der Waals surface area contributed by atoms with Crippen LogP contribution in [0.4, 0.5) is 0 Å². The van der Waals surface area contributed by atoms with E-state index in [2.05, 4.69) is 24.9 Å². The molecule has 1 aromatic heterocycles. The molecule has 0 atom stereocenters. The van der Waals surface area contributed by atoms with Crippen molar-refractivity contribution < 1.29 is 14.6 Å². The smallest absolute Gasteiger partial charge is 0.122 e. The molecule has 0 saturated heterocycles. The van der Waals surface area contributed by atoms with E-state index < -0.39 is 5.97 Å². The Bertz CT molecular complexity index is 649. The minimum Gasteiger partial charge on any atom is -0.543 e. The van der Waals surface area contributed by atoms with E-state index in [-0.39, 0.29) is 5.69 Å². The molecule has 0 aliphatic carbocycles. The van der Waals surface area contributed by atoms with E-state index in [0.717, 1.165) is 28.3 Å². The quantitative estimate of drug-likeness (QED) is 0.787. The van der Waals surface area contributed by atoms with Crippen molar-refractivity contribution >= 4 is 17.3 Å². The number of aromatic carboxylic acids is 1. The van der Waals surface area contributed by atoms with Crippen LogP contribution in [0.25, 0.3) is 0 Å². The fourth-order valence-electron chi connectivity index (χ4n) is 2.04. The summed E-state index contributed by atoms with van der Waals surface area (Å²) in [6.07, 6.45) is 1.57. The third-order valence-corrected chi connectivity index (χ3v) is 4.12. The van der Waals surface area contributed by atoms with Crippen molar-refractivity contribution in [1.82, 2.24) is 4.98 Å². The lowest BCUT2D eigenvalue weighted by Gasteiger charge is -2.12. The van der Waals surface area contributed by atoms with Crippen LogP contribution in [0, 0.1) is 12.8 Å². The summed E-state index contributed by atoms with van der Waals surface area (Å²) in [5.41, 5.74) is 2.17. The standard InChI is InChI=1S/C17H21NO3S/c1-11(2)6-7-21-15-5-4-12(3)8-13(15)9-16-18-14(10-22-16)17(19)20/h4-5,8,10-11H,6-7,9H2,1-3H3,(H,19,20)/p-1. The summed E-state index contributed by atoms with van der Waals surface area (Å²) in [4.78, 5) is 14.9. The van der Waals surface area contributed by atoms with Gasteiger partial charge in [0.15, 0.2) is 0 Å². The summed E-state index contributed by atoms with van der Waals surface area (Å²) in [7, 11) is 0. The average molecular weight is 318 g/mol. The molecule has 0 aliphatic rings. The van der Waals surface area contributed by atoms with Crippen LogP contribution in [0.15, 0.2) is 23.6 Å². The lowest BCUT2D eigenvalue weighted by molar-refractivity contribution is -0.255. The predicted molar refractivity (Wildman–Crippen MR) is 85.4 cm³/mol. The molecule has 22 heavy (non-hydrogen) atoms. The molecule has 0 saturated carbocycles. The molecular weight excluding hydrogens is 298 g/mol. The summed E-state index contributed by atoms with van der Waals surface area (Å²) < 4.78 is 5.88. The monoisotopic (exact) mass is 318 g/mol. The molecule has 4 nitrogen and oxygen atoms in total. The van der Waals surface area contributed by atoms with E-state index in [9.17, 15) is 9.90 Å². The fourth-order valence-corrected chi connectivity index (χ4v) is 2.83. The first kappa shape index (κ1) is 16.5. The number of carboxylic acids is 1. The lowest BCUT2D eigenvalue weighted by atomic mass is 10.1. The Morgan fingerprint density at radius 3 is 2.82 bits per heavy atom. The van der Waals surface area contributed by atoms with Crippen LogP contribution < -0.4 is 9.84 Å². The van der Waals surface area contributed by atoms with E-state index in [1.165, 1.54) is 16.7 Å². The third kappa shape index (κ3) is 4.56. The molecule has 0 unspecified atom stereocenters. The van der Waals surface area contributed by atoms with Gasteiger partial charge < -0.3 is 14.6 Å². The number of carboxylic acid groups (broad SMARTS) is 1. The normalized spacial score (nSPS) is 10.9. The zero-order valence-corrected chi connectivity index (χ0v) is 13.9. The maximum absolute atomic E-state index is 10.8. The maximum Gasteiger partial charge on any atom is 0.122 e. The predicted octanol–water partition coefficient (Wildman–Crippen LogP) is 2.83. The zero-order valence-electron chi connectivity index (χ0n) is 13.1. The van der Waals surface area contributed by atoms with E-state index in [4.69, 9.17) is 4.74 Å². The van der Waals surface area contributed by atoms with Gasteiger partial charge in [0.25, 0.3) is 0 Å². The van der Waals surface area contributed by atoms with E-state index in [1.807, 2.05) is 19.1 Å². The molecule has 0 amide bonds. The Morgan fingerprint density at radius 1 is 1.41 bits per heavy atom. The number of benzene rings is 1. The van der Waals surface area contributed by atoms with E-state index in [0.29, 0.717) is 18.9 Å². The Labute approximate surface area is 134 Å². The summed E-state index contributed by atoms with van der Waals surface area (Å²) >= 11 is 1.33. The van der Waals surface area contributed by atoms with Gasteiger partial charge in [-0.25, -0.2) is 4.98 Å². The molecule has 5 heteroatoms. The molecule has 1 heterocycles. The molecule has 0 bridgehead atoms. The summed E-state index contributed by atoms with van der Waals surface area (Å²) in [6, 6.07) is 6.05. The Morgan fingerprint density at radius 2 is 2.18 bits per heavy atom. The van der Waals surface area contributed by atoms with Crippen LogP contribution >= 0.6 is 11.3 Å². The highest BCUT2D eigenvalue weighted by atomic mass is 32.1. The molecule has 118 valence electrons. The first-order valence-corrected chi connectivity index (χ1v) is 8.21. The number of nitrogens with zero attached hydrogens (tertiary/aromatic N) is 1.